The van der Waals surface area contributed by atoms with Gasteiger partial charge in [-0.3, -0.25) is 21.3 Å². The van der Waals surface area contributed by atoms with Gasteiger partial charge < -0.3 is 34.2 Å². The lowest BCUT2D eigenvalue weighted by Gasteiger charge is -2.23. The first kappa shape index (κ1) is 46.6. The molecule has 310 valence electrons. The molecule has 17 nitrogen and oxygen atoms in total. The third-order valence-corrected chi connectivity index (χ3v) is 6.15. The number of ether oxygens (including phenoxy) is 6. The number of alkyl carbamates (subject to hydrolysis) is 4. The first-order valence-electron chi connectivity index (χ1n) is 18.0. The number of hydrogen-bond donors (Lipinski definition) is 5. The molecule has 0 aromatic heterocycles. The van der Waals surface area contributed by atoms with Gasteiger partial charge in [0.1, 0.15) is 33.9 Å². The van der Waals surface area contributed by atoms with Crippen LogP contribution in [0, 0.1) is 0 Å². The van der Waals surface area contributed by atoms with Crippen LogP contribution in [0.2, 0.25) is 0 Å². The second-order valence-electron chi connectivity index (χ2n) is 16.4. The largest absolute Gasteiger partial charge is 0.468 e. The fraction of sp³-hybridized carbons (Fsp3) is 0.538. The van der Waals surface area contributed by atoms with E-state index < -0.39 is 59.2 Å². The van der Waals surface area contributed by atoms with Crippen molar-refractivity contribution < 1.29 is 47.6 Å². The molecule has 0 bridgehead atoms. The zero-order valence-electron chi connectivity index (χ0n) is 35.0. The van der Waals surface area contributed by atoms with E-state index in [1.807, 2.05) is 6.07 Å². The molecule has 6 N–H and O–H groups in total. The Bertz CT molecular complexity index is 1690. The predicted molar refractivity (Wildman–Crippen MR) is 212 cm³/mol. The van der Waals surface area contributed by atoms with Crippen LogP contribution in [-0.2, 0) is 25.5 Å². The normalized spacial score (nSPS) is 12.8. The highest BCUT2D eigenvalue weighted by Gasteiger charge is 2.25. The van der Waals surface area contributed by atoms with E-state index in [-0.39, 0.29) is 18.5 Å². The molecule has 4 amide bonds. The SMILES string of the molecule is CC(N=C(NC(=O)OC(C)(C)C)NC(=O)OC(C)(C)C)Oc1ccccc1-c1cc(CN)ccc1OC(C)N=C(NC(=O)OC(C)(C)C)NC(=O)OC(C)(C)C. The number of benzene rings is 2. The van der Waals surface area contributed by atoms with Crippen molar-refractivity contribution >= 4 is 36.3 Å². The van der Waals surface area contributed by atoms with Crippen molar-refractivity contribution in [3.63, 3.8) is 0 Å². The molecule has 0 aliphatic carbocycles. The number of nitrogens with zero attached hydrogens (tertiary/aromatic N) is 2. The van der Waals surface area contributed by atoms with Gasteiger partial charge in [-0.15, -0.1) is 0 Å². The molecule has 2 aromatic rings. The average molecular weight is 786 g/mol. The van der Waals surface area contributed by atoms with Crippen molar-refractivity contribution in [2.24, 2.45) is 15.7 Å². The first-order chi connectivity index (χ1) is 25.6. The Hall–Kier alpha value is -5.58. The summed E-state index contributed by atoms with van der Waals surface area (Å²) in [6, 6.07) is 12.4. The van der Waals surface area contributed by atoms with Crippen LogP contribution in [0.25, 0.3) is 11.1 Å². The summed E-state index contributed by atoms with van der Waals surface area (Å²) >= 11 is 0. The second kappa shape index (κ2) is 19.3. The van der Waals surface area contributed by atoms with Gasteiger partial charge in [-0.05, 0) is 121 Å². The van der Waals surface area contributed by atoms with Gasteiger partial charge in [0, 0.05) is 17.7 Å². The molecule has 2 atom stereocenters. The van der Waals surface area contributed by atoms with Crippen molar-refractivity contribution in [2.75, 3.05) is 0 Å². The second-order valence-corrected chi connectivity index (χ2v) is 16.4. The van der Waals surface area contributed by atoms with Gasteiger partial charge in [0.2, 0.25) is 11.9 Å². The molecule has 2 aromatic carbocycles. The van der Waals surface area contributed by atoms with Crippen LogP contribution >= 0.6 is 0 Å². The van der Waals surface area contributed by atoms with Crippen LogP contribution in [0.4, 0.5) is 19.2 Å². The Kier molecular flexibility index (Phi) is 16.1. The maximum absolute atomic E-state index is 12.7. The maximum Gasteiger partial charge on any atom is 0.414 e. The third-order valence-electron chi connectivity index (χ3n) is 6.15. The standard InChI is InChI=1S/C39H59N7O10/c1-23(41-30(43-32(47)53-36(3,4)5)44-33(48)54-37(6,7)8)51-28-18-16-15-17-26(28)27-21-25(22-40)19-20-29(27)52-24(2)42-31(45-34(49)55-38(9,10)11)46-35(50)56-39(12,13)14/h15-21,23-24H,22,40H2,1-14H3,(H2,41,43,44,47,48)(H2,42,45,46,49,50). The summed E-state index contributed by atoms with van der Waals surface area (Å²) in [7, 11) is 0. The predicted octanol–water partition coefficient (Wildman–Crippen LogP) is 7.07. The van der Waals surface area contributed by atoms with Gasteiger partial charge in [0.05, 0.1) is 0 Å². The van der Waals surface area contributed by atoms with E-state index in [1.165, 1.54) is 0 Å². The maximum atomic E-state index is 12.7. The van der Waals surface area contributed by atoms with Crippen molar-refractivity contribution in [1.82, 2.24) is 21.3 Å². The number of amides is 4. The Morgan fingerprint density at radius 1 is 0.554 bits per heavy atom. The molecule has 17 heteroatoms. The van der Waals surface area contributed by atoms with Crippen molar-refractivity contribution in [3.8, 4) is 22.6 Å². The van der Waals surface area contributed by atoms with Crippen molar-refractivity contribution in [1.29, 1.82) is 0 Å². The summed E-state index contributed by atoms with van der Waals surface area (Å²) in [6.07, 6.45) is -5.41. The van der Waals surface area contributed by atoms with Crippen LogP contribution < -0.4 is 36.5 Å². The highest BCUT2D eigenvalue weighted by Crippen LogP contribution is 2.38. The lowest BCUT2D eigenvalue weighted by atomic mass is 10.0. The Balaban J connectivity index is 2.52. The van der Waals surface area contributed by atoms with E-state index in [9.17, 15) is 19.2 Å². The molecule has 0 spiro atoms. The molecular formula is C39H59N7O10. The number of rotatable bonds is 8. The van der Waals surface area contributed by atoms with Crippen molar-refractivity contribution in [3.05, 3.63) is 48.0 Å². The smallest absolute Gasteiger partial charge is 0.414 e. The fourth-order valence-electron chi connectivity index (χ4n) is 4.39. The molecule has 2 unspecified atom stereocenters. The average Bonchev–Trinajstić information content (AvgIpc) is 2.97. The minimum Gasteiger partial charge on any atom is -0.468 e. The first-order valence-corrected chi connectivity index (χ1v) is 18.0. The Morgan fingerprint density at radius 3 is 1.23 bits per heavy atom. The molecule has 0 radical (unpaired) electrons. The van der Waals surface area contributed by atoms with Crippen LogP contribution in [0.3, 0.4) is 0 Å². The van der Waals surface area contributed by atoms with Gasteiger partial charge in [-0.2, -0.15) is 0 Å². The lowest BCUT2D eigenvalue weighted by Crippen LogP contribution is -2.47. The Labute approximate surface area is 329 Å². The number of para-hydroxylation sites is 1. The summed E-state index contributed by atoms with van der Waals surface area (Å²) in [5.74, 6) is 0.160. The quantitative estimate of drug-likeness (QED) is 0.103. The highest BCUT2D eigenvalue weighted by molar-refractivity contribution is 6.02. The molecule has 0 aliphatic heterocycles. The minimum atomic E-state index is -0.991. The van der Waals surface area contributed by atoms with Crippen LogP contribution in [0.5, 0.6) is 11.5 Å². The molecule has 0 heterocycles. The van der Waals surface area contributed by atoms with Gasteiger partial charge in [-0.25, -0.2) is 29.2 Å². The Morgan fingerprint density at radius 2 is 0.893 bits per heavy atom. The highest BCUT2D eigenvalue weighted by atomic mass is 16.6. The summed E-state index contributed by atoms with van der Waals surface area (Å²) in [4.78, 5) is 59.4. The molecular weight excluding hydrogens is 726 g/mol. The summed E-state index contributed by atoms with van der Waals surface area (Å²) in [5.41, 5.74) is 4.61. The zero-order chi connectivity index (χ0) is 42.6. The lowest BCUT2D eigenvalue weighted by molar-refractivity contribution is 0.0519. The number of carbonyl (C=O) groups excluding carboxylic acids is 4. The number of aliphatic imine (C=N–C) groups is 2. The van der Waals surface area contributed by atoms with Gasteiger partial charge >= 0.3 is 24.4 Å². The number of nitrogens with two attached hydrogens (primary N) is 1. The molecule has 0 saturated heterocycles. The van der Waals surface area contributed by atoms with E-state index in [4.69, 9.17) is 34.2 Å². The van der Waals surface area contributed by atoms with E-state index in [0.717, 1.165) is 5.56 Å². The number of carbonyl (C=O) groups is 4. The minimum absolute atomic E-state index is 0.213. The number of hydrogen-bond acceptors (Lipinski definition) is 13. The molecule has 0 aliphatic rings. The van der Waals surface area contributed by atoms with E-state index in [2.05, 4.69) is 31.3 Å². The van der Waals surface area contributed by atoms with Crippen LogP contribution in [0.1, 0.15) is 102 Å². The molecule has 0 saturated carbocycles. The van der Waals surface area contributed by atoms with E-state index in [0.29, 0.717) is 22.6 Å². The summed E-state index contributed by atoms with van der Waals surface area (Å²) in [5, 5.41) is 9.77. The van der Waals surface area contributed by atoms with Gasteiger partial charge in [-0.1, -0.05) is 24.3 Å². The summed E-state index contributed by atoms with van der Waals surface area (Å²) < 4.78 is 33.9. The van der Waals surface area contributed by atoms with Crippen molar-refractivity contribution in [2.45, 2.75) is 138 Å². The topological polar surface area (TPSA) is 223 Å². The third kappa shape index (κ3) is 18.6. The summed E-state index contributed by atoms with van der Waals surface area (Å²) in [6.45, 7) is 23.7. The fourth-order valence-corrected chi connectivity index (χ4v) is 4.39. The van der Waals surface area contributed by atoms with E-state index in [1.54, 1.807) is 133 Å². The molecule has 0 fully saturated rings. The van der Waals surface area contributed by atoms with Gasteiger partial charge in [0.25, 0.3) is 0 Å². The molecule has 2 rings (SSSR count). The monoisotopic (exact) mass is 785 g/mol. The van der Waals surface area contributed by atoms with Crippen LogP contribution in [0.15, 0.2) is 52.4 Å². The van der Waals surface area contributed by atoms with Crippen LogP contribution in [-0.4, -0.2) is 71.2 Å². The zero-order valence-corrected chi connectivity index (χ0v) is 35.0. The van der Waals surface area contributed by atoms with E-state index >= 15 is 0 Å². The van der Waals surface area contributed by atoms with Gasteiger partial charge in [0.15, 0.2) is 12.5 Å². The molecule has 56 heavy (non-hydrogen) atoms. The number of guanidine groups is 2. The number of nitrogens with one attached hydrogen (secondary N) is 4.